The van der Waals surface area contributed by atoms with Crippen LogP contribution in [0.3, 0.4) is 0 Å². The van der Waals surface area contributed by atoms with Crippen LogP contribution in [-0.2, 0) is 6.54 Å². The van der Waals surface area contributed by atoms with Crippen molar-refractivity contribution < 1.29 is 9.45 Å². The Hall–Kier alpha value is -4.14. The second-order valence-corrected chi connectivity index (χ2v) is 5.87. The molecule has 138 valence electrons. The normalized spacial score (nSPS) is 10.6. The summed E-state index contributed by atoms with van der Waals surface area (Å²) in [6.07, 6.45) is 6.62. The van der Waals surface area contributed by atoms with E-state index < -0.39 is 4.92 Å². The molecule has 0 saturated heterocycles. The van der Waals surface area contributed by atoms with E-state index in [-0.39, 0.29) is 11.5 Å². The molecule has 28 heavy (non-hydrogen) atoms. The lowest BCUT2D eigenvalue weighted by atomic mass is 10.1. The highest BCUT2D eigenvalue weighted by molar-refractivity contribution is 5.71. The summed E-state index contributed by atoms with van der Waals surface area (Å²) in [6, 6.07) is 12.0. The summed E-state index contributed by atoms with van der Waals surface area (Å²) in [5.74, 6) is 0.560. The lowest BCUT2D eigenvalue weighted by molar-refractivity contribution is -0.383. The van der Waals surface area contributed by atoms with Crippen LogP contribution in [0.15, 0.2) is 71.8 Å². The van der Waals surface area contributed by atoms with Gasteiger partial charge in [0.05, 0.1) is 10.5 Å². The van der Waals surface area contributed by atoms with Gasteiger partial charge in [-0.2, -0.15) is 4.98 Å². The third kappa shape index (κ3) is 3.68. The quantitative estimate of drug-likeness (QED) is 0.400. The Morgan fingerprint density at radius 1 is 1.04 bits per heavy atom. The minimum absolute atomic E-state index is 0.0749. The van der Waals surface area contributed by atoms with Crippen LogP contribution in [0, 0.1) is 10.1 Å². The molecule has 0 aliphatic carbocycles. The monoisotopic (exact) mass is 374 g/mol. The van der Waals surface area contributed by atoms with Gasteiger partial charge in [-0.25, -0.2) is 0 Å². The Labute approximate surface area is 159 Å². The van der Waals surface area contributed by atoms with Crippen molar-refractivity contribution in [3.8, 4) is 22.8 Å². The second kappa shape index (κ2) is 7.62. The van der Waals surface area contributed by atoms with Gasteiger partial charge in [-0.15, -0.1) is 0 Å². The summed E-state index contributed by atoms with van der Waals surface area (Å²) < 4.78 is 5.25. The molecular formula is C19H14N6O3. The Morgan fingerprint density at radius 3 is 2.57 bits per heavy atom. The summed E-state index contributed by atoms with van der Waals surface area (Å²) in [7, 11) is 0. The number of nitrogens with one attached hydrogen (secondary N) is 1. The number of nitro benzene ring substituents is 1. The van der Waals surface area contributed by atoms with E-state index in [0.29, 0.717) is 29.2 Å². The van der Waals surface area contributed by atoms with Crippen LogP contribution in [-0.4, -0.2) is 25.0 Å². The number of aromatic nitrogens is 4. The summed E-state index contributed by atoms with van der Waals surface area (Å²) in [4.78, 5) is 23.4. The van der Waals surface area contributed by atoms with Gasteiger partial charge in [0.2, 0.25) is 5.82 Å². The molecule has 0 spiro atoms. The van der Waals surface area contributed by atoms with Gasteiger partial charge >= 0.3 is 0 Å². The average Bonchev–Trinajstić information content (AvgIpc) is 3.24. The Bertz CT molecular complexity index is 1100. The average molecular weight is 374 g/mol. The molecule has 9 nitrogen and oxygen atoms in total. The molecule has 0 fully saturated rings. The first-order valence-electron chi connectivity index (χ1n) is 8.36. The van der Waals surface area contributed by atoms with E-state index in [4.69, 9.17) is 4.52 Å². The molecule has 0 aliphatic heterocycles. The van der Waals surface area contributed by atoms with Crippen molar-refractivity contribution in [1.82, 2.24) is 20.1 Å². The Morgan fingerprint density at radius 2 is 1.86 bits per heavy atom. The maximum absolute atomic E-state index is 11.5. The predicted molar refractivity (Wildman–Crippen MR) is 101 cm³/mol. The van der Waals surface area contributed by atoms with Gasteiger partial charge in [-0.05, 0) is 35.9 Å². The number of nitro groups is 1. The fourth-order valence-corrected chi connectivity index (χ4v) is 2.62. The molecule has 0 bridgehead atoms. The topological polar surface area (TPSA) is 120 Å². The van der Waals surface area contributed by atoms with E-state index >= 15 is 0 Å². The van der Waals surface area contributed by atoms with E-state index in [1.54, 1.807) is 49.1 Å². The van der Waals surface area contributed by atoms with Crippen LogP contribution in [0.1, 0.15) is 5.56 Å². The highest BCUT2D eigenvalue weighted by Gasteiger charge is 2.18. The predicted octanol–water partition coefficient (Wildman–Crippen LogP) is 3.71. The maximum atomic E-state index is 11.5. The van der Waals surface area contributed by atoms with Gasteiger partial charge in [0.25, 0.3) is 11.6 Å². The molecule has 0 saturated carbocycles. The van der Waals surface area contributed by atoms with Gasteiger partial charge in [0, 0.05) is 43.0 Å². The number of benzene rings is 1. The SMILES string of the molecule is O=[N+]([O-])c1cc(-c2noc(-c3cccnc3)n2)ccc1NCc1cccnc1. The van der Waals surface area contributed by atoms with E-state index in [1.165, 1.54) is 6.07 Å². The van der Waals surface area contributed by atoms with Crippen molar-refractivity contribution >= 4 is 11.4 Å². The van der Waals surface area contributed by atoms with Crippen LogP contribution in [0.25, 0.3) is 22.8 Å². The molecule has 1 N–H and O–H groups in total. The first kappa shape index (κ1) is 17.3. The molecule has 4 aromatic rings. The fourth-order valence-electron chi connectivity index (χ4n) is 2.62. The Balaban J connectivity index is 1.60. The van der Waals surface area contributed by atoms with Crippen molar-refractivity contribution in [2.45, 2.75) is 6.54 Å². The van der Waals surface area contributed by atoms with Crippen LogP contribution in [0.2, 0.25) is 0 Å². The van der Waals surface area contributed by atoms with Crippen LogP contribution >= 0.6 is 0 Å². The van der Waals surface area contributed by atoms with Crippen molar-refractivity contribution in [3.63, 3.8) is 0 Å². The zero-order valence-electron chi connectivity index (χ0n) is 14.5. The number of pyridine rings is 2. The van der Waals surface area contributed by atoms with Gasteiger partial charge in [-0.1, -0.05) is 11.2 Å². The number of hydrogen-bond donors (Lipinski definition) is 1. The highest BCUT2D eigenvalue weighted by Crippen LogP contribution is 2.30. The van der Waals surface area contributed by atoms with Crippen LogP contribution < -0.4 is 5.32 Å². The van der Waals surface area contributed by atoms with Crippen molar-refractivity contribution in [3.05, 3.63) is 82.9 Å². The summed E-state index contributed by atoms with van der Waals surface area (Å²) >= 11 is 0. The lowest BCUT2D eigenvalue weighted by Crippen LogP contribution is -2.03. The smallest absolute Gasteiger partial charge is 0.293 e. The second-order valence-electron chi connectivity index (χ2n) is 5.87. The number of anilines is 1. The third-order valence-electron chi connectivity index (χ3n) is 3.99. The Kier molecular flexibility index (Phi) is 4.70. The molecule has 4 rings (SSSR count). The number of rotatable bonds is 6. The molecule has 0 aliphatic rings. The fraction of sp³-hybridized carbons (Fsp3) is 0.0526. The largest absolute Gasteiger partial charge is 0.375 e. The van der Waals surface area contributed by atoms with Crippen molar-refractivity contribution in [2.75, 3.05) is 5.32 Å². The summed E-state index contributed by atoms with van der Waals surface area (Å²) in [6.45, 7) is 0.418. The molecule has 0 unspecified atom stereocenters. The number of hydrogen-bond acceptors (Lipinski definition) is 8. The lowest BCUT2D eigenvalue weighted by Gasteiger charge is -2.07. The minimum Gasteiger partial charge on any atom is -0.375 e. The molecule has 3 aromatic heterocycles. The van der Waals surface area contributed by atoms with Crippen molar-refractivity contribution in [1.29, 1.82) is 0 Å². The van der Waals surface area contributed by atoms with Gasteiger partial charge < -0.3 is 9.84 Å². The van der Waals surface area contributed by atoms with Crippen LogP contribution in [0.4, 0.5) is 11.4 Å². The number of nitrogens with zero attached hydrogens (tertiary/aromatic N) is 5. The molecule has 0 amide bonds. The first-order chi connectivity index (χ1) is 13.7. The van der Waals surface area contributed by atoms with E-state index in [1.807, 2.05) is 12.1 Å². The van der Waals surface area contributed by atoms with E-state index in [2.05, 4.69) is 25.4 Å². The molecule has 0 radical (unpaired) electrons. The molecule has 9 heteroatoms. The standard InChI is InChI=1S/C19H14N6O3/c26-25(27)17-9-14(5-6-16(17)22-11-13-3-1-7-20-10-13)18-23-19(28-24-18)15-4-2-8-21-12-15/h1-10,12,22H,11H2. The van der Waals surface area contributed by atoms with Gasteiger partial charge in [0.1, 0.15) is 5.69 Å². The minimum atomic E-state index is -0.447. The zero-order valence-corrected chi connectivity index (χ0v) is 14.5. The molecule has 0 atom stereocenters. The summed E-state index contributed by atoms with van der Waals surface area (Å²) in [5.41, 5.74) is 2.39. The van der Waals surface area contributed by atoms with E-state index in [9.17, 15) is 10.1 Å². The highest BCUT2D eigenvalue weighted by atomic mass is 16.6. The molecule has 1 aromatic carbocycles. The maximum Gasteiger partial charge on any atom is 0.293 e. The molecular weight excluding hydrogens is 360 g/mol. The van der Waals surface area contributed by atoms with Gasteiger partial charge in [0.15, 0.2) is 0 Å². The van der Waals surface area contributed by atoms with Crippen molar-refractivity contribution in [2.24, 2.45) is 0 Å². The zero-order chi connectivity index (χ0) is 19.3. The third-order valence-corrected chi connectivity index (χ3v) is 3.99. The first-order valence-corrected chi connectivity index (χ1v) is 8.36. The van der Waals surface area contributed by atoms with Crippen LogP contribution in [0.5, 0.6) is 0 Å². The summed E-state index contributed by atoms with van der Waals surface area (Å²) in [5, 5.41) is 18.5. The van der Waals surface area contributed by atoms with Gasteiger partial charge in [-0.3, -0.25) is 20.1 Å². The van der Waals surface area contributed by atoms with E-state index in [0.717, 1.165) is 5.56 Å². The molecule has 3 heterocycles.